The van der Waals surface area contributed by atoms with Crippen LogP contribution in [0.1, 0.15) is 122 Å². The van der Waals surface area contributed by atoms with Crippen molar-refractivity contribution in [3.8, 4) is 0 Å². The van der Waals surface area contributed by atoms with Gasteiger partial charge in [0.05, 0.1) is 0 Å². The van der Waals surface area contributed by atoms with E-state index in [1.807, 2.05) is 0 Å². The average Bonchev–Trinajstić information content (AvgIpc) is 3.09. The molecule has 4 rings (SSSR count). The molecule has 0 saturated heterocycles. The van der Waals surface area contributed by atoms with Crippen LogP contribution in [0.4, 0.5) is 0 Å². The standard InChI is InChI=1S/C44H61ClSi2/c1-8-12-24-35-34-42(40(31-15-11-4)39(30-14-10-3)38(35)29-13-9-2)46(36-25-18-16-19-26-36)41-32-22-23-33-43(41)47(45,44(5,6)7)37-27-20-17-21-28-37/h16-23,25-28,32-34,46H,8-15,24,29-31H2,1-7H3. The summed E-state index contributed by atoms with van der Waals surface area (Å²) in [6, 6.07) is 34.8. The lowest BCUT2D eigenvalue weighted by molar-refractivity contribution is 0.721. The topological polar surface area (TPSA) is 0 Å². The van der Waals surface area contributed by atoms with Crippen LogP contribution in [0.5, 0.6) is 0 Å². The highest BCUT2D eigenvalue weighted by molar-refractivity contribution is 7.36. The first-order valence-corrected chi connectivity index (χ1v) is 23.5. The maximum atomic E-state index is 8.26. The van der Waals surface area contributed by atoms with Gasteiger partial charge in [-0.25, -0.2) is 0 Å². The Kier molecular flexibility index (Phi) is 14.2. The maximum absolute atomic E-state index is 8.26. The molecule has 0 aliphatic rings. The minimum Gasteiger partial charge on any atom is -0.154 e. The van der Waals surface area contributed by atoms with Gasteiger partial charge in [-0.05, 0) is 94.2 Å². The Labute approximate surface area is 295 Å². The van der Waals surface area contributed by atoms with Crippen LogP contribution in [0.3, 0.4) is 0 Å². The molecule has 4 aromatic rings. The fraction of sp³-hybridized carbons (Fsp3) is 0.455. The molecule has 0 heterocycles. The van der Waals surface area contributed by atoms with Crippen molar-refractivity contribution < 1.29 is 0 Å². The van der Waals surface area contributed by atoms with Gasteiger partial charge in [-0.2, -0.15) is 11.1 Å². The molecule has 47 heavy (non-hydrogen) atoms. The minimum absolute atomic E-state index is 0.0741. The third-order valence-electron chi connectivity index (χ3n) is 10.2. The summed E-state index contributed by atoms with van der Waals surface area (Å²) in [5, 5.41) is 7.37. The number of hydrogen-bond donors (Lipinski definition) is 0. The molecular weight excluding hydrogens is 620 g/mol. The van der Waals surface area contributed by atoms with Crippen molar-refractivity contribution in [3.63, 3.8) is 0 Å². The summed E-state index contributed by atoms with van der Waals surface area (Å²) in [7, 11) is -4.66. The number of hydrogen-bond acceptors (Lipinski definition) is 0. The van der Waals surface area contributed by atoms with Crippen molar-refractivity contribution in [2.45, 2.75) is 131 Å². The van der Waals surface area contributed by atoms with Gasteiger partial charge >= 0.3 is 0 Å². The Morgan fingerprint density at radius 1 is 0.553 bits per heavy atom. The van der Waals surface area contributed by atoms with Gasteiger partial charge < -0.3 is 0 Å². The van der Waals surface area contributed by atoms with E-state index in [1.165, 1.54) is 97.8 Å². The largest absolute Gasteiger partial charge is 0.222 e. The van der Waals surface area contributed by atoms with Crippen molar-refractivity contribution in [2.24, 2.45) is 0 Å². The van der Waals surface area contributed by atoms with Gasteiger partial charge in [-0.15, -0.1) is 0 Å². The number of unbranched alkanes of at least 4 members (excludes halogenated alkanes) is 4. The first-order valence-electron chi connectivity index (χ1n) is 18.8. The molecule has 0 fully saturated rings. The van der Waals surface area contributed by atoms with Crippen molar-refractivity contribution >= 4 is 53.2 Å². The summed E-state index contributed by atoms with van der Waals surface area (Å²) in [5.74, 6) is 0. The van der Waals surface area contributed by atoms with Gasteiger partial charge in [0, 0.05) is 0 Å². The lowest BCUT2D eigenvalue weighted by Gasteiger charge is -2.40. The molecule has 0 bridgehead atoms. The highest BCUT2D eigenvalue weighted by Crippen LogP contribution is 2.38. The highest BCUT2D eigenvalue weighted by atomic mass is 35.6. The maximum Gasteiger partial charge on any atom is 0.222 e. The van der Waals surface area contributed by atoms with Crippen molar-refractivity contribution in [1.29, 1.82) is 0 Å². The number of rotatable bonds is 17. The molecule has 252 valence electrons. The van der Waals surface area contributed by atoms with E-state index in [0.717, 1.165) is 0 Å². The molecule has 0 aromatic heterocycles. The van der Waals surface area contributed by atoms with Gasteiger partial charge in [0.25, 0.3) is 0 Å². The van der Waals surface area contributed by atoms with Crippen LogP contribution in [-0.4, -0.2) is 16.2 Å². The van der Waals surface area contributed by atoms with Gasteiger partial charge in [-0.1, -0.05) is 176 Å². The van der Waals surface area contributed by atoms with Crippen LogP contribution in [-0.2, 0) is 25.7 Å². The molecule has 2 atom stereocenters. The first kappa shape index (κ1) is 37.4. The number of halogens is 1. The van der Waals surface area contributed by atoms with E-state index >= 15 is 0 Å². The summed E-state index contributed by atoms with van der Waals surface area (Å²) in [6.45, 7) is 16.5. The third-order valence-corrected chi connectivity index (χ3v) is 21.2. The monoisotopic (exact) mass is 680 g/mol. The zero-order chi connectivity index (χ0) is 33.9. The summed E-state index contributed by atoms with van der Waals surface area (Å²) < 4.78 is 0. The third kappa shape index (κ3) is 8.61. The van der Waals surface area contributed by atoms with Gasteiger partial charge in [0.15, 0.2) is 0 Å². The Morgan fingerprint density at radius 3 is 1.62 bits per heavy atom. The second-order valence-corrected chi connectivity index (χ2v) is 23.1. The van der Waals surface area contributed by atoms with E-state index in [4.69, 9.17) is 11.1 Å². The second kappa shape index (κ2) is 17.8. The average molecular weight is 682 g/mol. The first-order chi connectivity index (χ1) is 22.7. The molecule has 0 radical (unpaired) electrons. The molecule has 0 nitrogen and oxygen atoms in total. The van der Waals surface area contributed by atoms with E-state index in [1.54, 1.807) is 27.4 Å². The molecule has 0 spiro atoms. The van der Waals surface area contributed by atoms with Gasteiger partial charge in [-0.3, -0.25) is 0 Å². The van der Waals surface area contributed by atoms with E-state index in [-0.39, 0.29) is 5.04 Å². The lowest BCUT2D eigenvalue weighted by Crippen LogP contribution is -2.69. The van der Waals surface area contributed by atoms with Crippen LogP contribution in [0.15, 0.2) is 91.0 Å². The Balaban J connectivity index is 2.14. The summed E-state index contributed by atoms with van der Waals surface area (Å²) in [5.41, 5.74) is 6.76. The molecule has 0 aliphatic heterocycles. The van der Waals surface area contributed by atoms with Crippen molar-refractivity contribution in [1.82, 2.24) is 0 Å². The molecule has 3 heteroatoms. The van der Waals surface area contributed by atoms with E-state index in [9.17, 15) is 0 Å². The van der Waals surface area contributed by atoms with Crippen LogP contribution >= 0.6 is 11.1 Å². The lowest BCUT2D eigenvalue weighted by atomic mass is 9.86. The summed E-state index contributed by atoms with van der Waals surface area (Å²) >= 11 is 8.26. The molecule has 0 aliphatic carbocycles. The molecule has 4 aromatic carbocycles. The predicted molar refractivity (Wildman–Crippen MR) is 217 cm³/mol. The predicted octanol–water partition coefficient (Wildman–Crippen LogP) is 9.40. The quantitative estimate of drug-likeness (QED) is 0.0592. The van der Waals surface area contributed by atoms with Crippen LogP contribution < -0.4 is 25.9 Å². The van der Waals surface area contributed by atoms with Crippen LogP contribution in [0.25, 0.3) is 0 Å². The Hall–Kier alpha value is -2.40. The smallest absolute Gasteiger partial charge is 0.154 e. The fourth-order valence-electron chi connectivity index (χ4n) is 7.62. The SMILES string of the molecule is CCCCc1cc([SiH](c2ccccc2)c2ccccc2[Si](Cl)(c2ccccc2)C(C)(C)C)c(CCCC)c(CCCC)c1CCCC. The highest BCUT2D eigenvalue weighted by Gasteiger charge is 2.48. The molecule has 0 amide bonds. The molecular formula is C44H61ClSi2. The van der Waals surface area contributed by atoms with E-state index in [2.05, 4.69) is 139 Å². The normalized spacial score (nSPS) is 13.8. The molecule has 0 saturated carbocycles. The number of benzene rings is 4. The van der Waals surface area contributed by atoms with Crippen molar-refractivity contribution in [3.05, 3.63) is 113 Å². The fourth-order valence-corrected chi connectivity index (χ4v) is 16.7. The Bertz CT molecular complexity index is 1520. The Morgan fingerprint density at radius 2 is 1.04 bits per heavy atom. The van der Waals surface area contributed by atoms with E-state index in [0.29, 0.717) is 0 Å². The molecule has 2 unspecified atom stereocenters. The van der Waals surface area contributed by atoms with E-state index < -0.39 is 16.2 Å². The minimum atomic E-state index is -2.71. The van der Waals surface area contributed by atoms with Gasteiger partial charge in [0.2, 0.25) is 7.38 Å². The second-order valence-electron chi connectivity index (χ2n) is 14.7. The number of aryl methyl sites for hydroxylation is 1. The van der Waals surface area contributed by atoms with Crippen LogP contribution in [0, 0.1) is 0 Å². The van der Waals surface area contributed by atoms with Crippen LogP contribution in [0.2, 0.25) is 5.04 Å². The van der Waals surface area contributed by atoms with Gasteiger partial charge in [0.1, 0.15) is 8.80 Å². The summed E-state index contributed by atoms with van der Waals surface area (Å²) in [4.78, 5) is 0. The zero-order valence-corrected chi connectivity index (χ0v) is 33.5. The van der Waals surface area contributed by atoms with Crippen molar-refractivity contribution in [2.75, 3.05) is 0 Å². The zero-order valence-electron chi connectivity index (χ0n) is 30.6. The summed E-state index contributed by atoms with van der Waals surface area (Å²) in [6.07, 6.45) is 14.8. The molecule has 0 N–H and O–H groups in total.